The summed E-state index contributed by atoms with van der Waals surface area (Å²) < 4.78 is 4.66. The third kappa shape index (κ3) is 3.57. The molecule has 0 aliphatic rings. The van der Waals surface area contributed by atoms with Crippen LogP contribution in [0, 0.1) is 0 Å². The van der Waals surface area contributed by atoms with Crippen molar-refractivity contribution in [2.45, 2.75) is 6.54 Å². The highest BCUT2D eigenvalue weighted by Crippen LogP contribution is 2.22. The minimum absolute atomic E-state index is 0.174. The second-order valence-corrected chi connectivity index (χ2v) is 5.35. The van der Waals surface area contributed by atoms with Gasteiger partial charge in [-0.15, -0.1) is 11.3 Å². The Kier molecular flexibility index (Phi) is 4.89. The molecular weight excluding hydrogens is 314 g/mol. The Morgan fingerprint density at radius 2 is 2.24 bits per heavy atom. The number of hydrogen-bond acceptors (Lipinski definition) is 6. The maximum atomic E-state index is 12.1. The Bertz CT molecular complexity index is 687. The number of methoxy groups -OCH3 is 1. The SMILES string of the molecule is COC(=O)c1cc(Cl)ccc1NC(=O)c1csc(CN)n1. The molecule has 1 aromatic heterocycles. The molecule has 8 heteroatoms. The first-order chi connectivity index (χ1) is 10.0. The second-order valence-electron chi connectivity index (χ2n) is 3.97. The molecule has 0 unspecified atom stereocenters. The Hall–Kier alpha value is -1.96. The Labute approximate surface area is 129 Å². The number of thiazole rings is 1. The number of esters is 1. The summed E-state index contributed by atoms with van der Waals surface area (Å²) in [7, 11) is 1.25. The Morgan fingerprint density at radius 1 is 1.48 bits per heavy atom. The maximum absolute atomic E-state index is 12.1. The number of nitrogens with two attached hydrogens (primary N) is 1. The zero-order valence-electron chi connectivity index (χ0n) is 11.1. The second kappa shape index (κ2) is 6.66. The number of nitrogens with one attached hydrogen (secondary N) is 1. The highest BCUT2D eigenvalue weighted by molar-refractivity contribution is 7.09. The smallest absolute Gasteiger partial charge is 0.340 e. The molecule has 0 radical (unpaired) electrons. The number of hydrogen-bond donors (Lipinski definition) is 2. The van der Waals surface area contributed by atoms with E-state index in [1.54, 1.807) is 11.4 Å². The Morgan fingerprint density at radius 3 is 2.86 bits per heavy atom. The van der Waals surface area contributed by atoms with Gasteiger partial charge in [0.2, 0.25) is 0 Å². The van der Waals surface area contributed by atoms with Gasteiger partial charge in [-0.1, -0.05) is 11.6 Å². The van der Waals surface area contributed by atoms with Crippen molar-refractivity contribution < 1.29 is 14.3 Å². The molecule has 2 aromatic rings. The van der Waals surface area contributed by atoms with Gasteiger partial charge in [0.25, 0.3) is 5.91 Å². The third-order valence-corrected chi connectivity index (χ3v) is 3.70. The fourth-order valence-corrected chi connectivity index (χ4v) is 2.43. The normalized spacial score (nSPS) is 10.2. The summed E-state index contributed by atoms with van der Waals surface area (Å²) in [5.74, 6) is -1.02. The molecule has 2 rings (SSSR count). The van der Waals surface area contributed by atoms with Crippen LogP contribution in [0.15, 0.2) is 23.6 Å². The van der Waals surface area contributed by atoms with Gasteiger partial charge in [-0.2, -0.15) is 0 Å². The van der Waals surface area contributed by atoms with Crippen molar-refractivity contribution in [1.29, 1.82) is 0 Å². The van der Waals surface area contributed by atoms with Crippen molar-refractivity contribution in [2.24, 2.45) is 5.73 Å². The quantitative estimate of drug-likeness (QED) is 0.841. The first kappa shape index (κ1) is 15.4. The van der Waals surface area contributed by atoms with E-state index in [-0.39, 0.29) is 17.8 Å². The fraction of sp³-hybridized carbons (Fsp3) is 0.154. The lowest BCUT2D eigenvalue weighted by atomic mass is 10.1. The average Bonchev–Trinajstić information content (AvgIpc) is 2.97. The highest BCUT2D eigenvalue weighted by atomic mass is 35.5. The summed E-state index contributed by atoms with van der Waals surface area (Å²) in [6, 6.07) is 4.52. The summed E-state index contributed by atoms with van der Waals surface area (Å²) in [5, 5.41) is 5.24. The topological polar surface area (TPSA) is 94.3 Å². The summed E-state index contributed by atoms with van der Waals surface area (Å²) >= 11 is 7.14. The predicted octanol–water partition coefficient (Wildman–Crippen LogP) is 2.29. The summed E-state index contributed by atoms with van der Waals surface area (Å²) in [6.45, 7) is 0.270. The zero-order valence-corrected chi connectivity index (χ0v) is 12.6. The number of aromatic nitrogens is 1. The lowest BCUT2D eigenvalue weighted by molar-refractivity contribution is 0.0602. The van der Waals surface area contributed by atoms with E-state index in [1.165, 1.54) is 30.6 Å². The molecule has 3 N–H and O–H groups in total. The van der Waals surface area contributed by atoms with Crippen molar-refractivity contribution in [1.82, 2.24) is 4.98 Å². The fourth-order valence-electron chi connectivity index (χ4n) is 1.60. The number of rotatable bonds is 4. The minimum Gasteiger partial charge on any atom is -0.465 e. The molecule has 110 valence electrons. The van der Waals surface area contributed by atoms with Crippen LogP contribution >= 0.6 is 22.9 Å². The molecule has 0 spiro atoms. The molecule has 1 amide bonds. The minimum atomic E-state index is -0.589. The molecule has 0 saturated heterocycles. The molecular formula is C13H12ClN3O3S. The van der Waals surface area contributed by atoms with Crippen LogP contribution in [0.3, 0.4) is 0 Å². The van der Waals surface area contributed by atoms with Crippen molar-refractivity contribution in [2.75, 3.05) is 12.4 Å². The van der Waals surface area contributed by atoms with Gasteiger partial charge in [-0.05, 0) is 18.2 Å². The van der Waals surface area contributed by atoms with Crippen LogP contribution in [0.2, 0.25) is 5.02 Å². The van der Waals surface area contributed by atoms with Gasteiger partial charge in [0.05, 0.1) is 18.4 Å². The lowest BCUT2D eigenvalue weighted by Gasteiger charge is -2.09. The van der Waals surface area contributed by atoms with Crippen LogP contribution < -0.4 is 11.1 Å². The van der Waals surface area contributed by atoms with E-state index in [9.17, 15) is 9.59 Å². The van der Waals surface area contributed by atoms with Crippen molar-refractivity contribution in [3.8, 4) is 0 Å². The number of ether oxygens (including phenoxy) is 1. The number of benzene rings is 1. The van der Waals surface area contributed by atoms with E-state index in [2.05, 4.69) is 15.0 Å². The largest absolute Gasteiger partial charge is 0.465 e. The van der Waals surface area contributed by atoms with Crippen molar-refractivity contribution >= 4 is 40.5 Å². The zero-order chi connectivity index (χ0) is 15.4. The monoisotopic (exact) mass is 325 g/mol. The summed E-state index contributed by atoms with van der Waals surface area (Å²) in [6.07, 6.45) is 0. The van der Waals surface area contributed by atoms with Crippen LogP contribution in [-0.4, -0.2) is 24.0 Å². The van der Waals surface area contributed by atoms with Crippen LogP contribution in [0.1, 0.15) is 25.9 Å². The van der Waals surface area contributed by atoms with E-state index < -0.39 is 11.9 Å². The van der Waals surface area contributed by atoms with Crippen LogP contribution in [0.25, 0.3) is 0 Å². The standard InChI is InChI=1S/C13H12ClN3O3S/c1-20-13(19)8-4-7(14)2-3-9(8)17-12(18)10-6-21-11(5-15)16-10/h2-4,6H,5,15H2,1H3,(H,17,18). The number of anilines is 1. The number of amides is 1. The predicted molar refractivity (Wildman–Crippen MR) is 80.8 cm³/mol. The van der Waals surface area contributed by atoms with Crippen LogP contribution in [0.4, 0.5) is 5.69 Å². The number of halogens is 1. The number of carbonyl (C=O) groups is 2. The van der Waals surface area contributed by atoms with Crippen molar-refractivity contribution in [3.63, 3.8) is 0 Å². The van der Waals surface area contributed by atoms with Gasteiger partial charge in [-0.3, -0.25) is 4.79 Å². The molecule has 1 heterocycles. The first-order valence-corrected chi connectivity index (χ1v) is 7.14. The van der Waals surface area contributed by atoms with Gasteiger partial charge in [0.1, 0.15) is 10.7 Å². The first-order valence-electron chi connectivity index (χ1n) is 5.89. The van der Waals surface area contributed by atoms with E-state index in [1.807, 2.05) is 0 Å². The molecule has 0 aliphatic heterocycles. The average molecular weight is 326 g/mol. The number of nitrogens with zero attached hydrogens (tertiary/aromatic N) is 1. The van der Waals surface area contributed by atoms with Gasteiger partial charge in [0.15, 0.2) is 0 Å². The van der Waals surface area contributed by atoms with Crippen LogP contribution in [-0.2, 0) is 11.3 Å². The lowest BCUT2D eigenvalue weighted by Crippen LogP contribution is -2.16. The maximum Gasteiger partial charge on any atom is 0.340 e. The van der Waals surface area contributed by atoms with E-state index >= 15 is 0 Å². The molecule has 0 aliphatic carbocycles. The van der Waals surface area contributed by atoms with Gasteiger partial charge < -0.3 is 15.8 Å². The van der Waals surface area contributed by atoms with E-state index in [0.29, 0.717) is 15.7 Å². The molecule has 0 saturated carbocycles. The van der Waals surface area contributed by atoms with Gasteiger partial charge >= 0.3 is 5.97 Å². The van der Waals surface area contributed by atoms with Gasteiger partial charge in [-0.25, -0.2) is 9.78 Å². The van der Waals surface area contributed by atoms with Gasteiger partial charge in [0, 0.05) is 16.9 Å². The van der Waals surface area contributed by atoms with Crippen LogP contribution in [0.5, 0.6) is 0 Å². The van der Waals surface area contributed by atoms with E-state index in [4.69, 9.17) is 17.3 Å². The Balaban J connectivity index is 2.26. The van der Waals surface area contributed by atoms with Crippen molar-refractivity contribution in [3.05, 3.63) is 44.9 Å². The molecule has 6 nitrogen and oxygen atoms in total. The summed E-state index contributed by atoms with van der Waals surface area (Å²) in [5.41, 5.74) is 6.17. The number of carbonyl (C=O) groups excluding carboxylic acids is 2. The van der Waals surface area contributed by atoms with E-state index in [0.717, 1.165) is 0 Å². The molecule has 0 fully saturated rings. The molecule has 21 heavy (non-hydrogen) atoms. The third-order valence-electron chi connectivity index (χ3n) is 2.59. The molecule has 0 atom stereocenters. The molecule has 0 bridgehead atoms. The summed E-state index contributed by atoms with van der Waals surface area (Å²) in [4.78, 5) is 27.9. The molecule has 1 aromatic carbocycles. The highest BCUT2D eigenvalue weighted by Gasteiger charge is 2.17.